The van der Waals surface area contributed by atoms with Crippen LogP contribution in [0.15, 0.2) is 35.5 Å². The number of rotatable bonds is 7. The van der Waals surface area contributed by atoms with Gasteiger partial charge >= 0.3 is 11.7 Å². The van der Waals surface area contributed by atoms with Crippen molar-refractivity contribution >= 4 is 22.2 Å². The monoisotopic (exact) mass is 394 g/mol. The number of methoxy groups -OCH3 is 2. The van der Waals surface area contributed by atoms with Crippen LogP contribution in [0.2, 0.25) is 0 Å². The highest BCUT2D eigenvalue weighted by molar-refractivity contribution is 7.90. The molecule has 1 N–H and O–H groups in total. The minimum absolute atomic E-state index is 0.540. The largest absolute Gasteiger partial charge is 0.609 e. The Bertz CT molecular complexity index is 1370. The molecule has 0 aliphatic rings. The average molecular weight is 394 g/mol. The van der Waals surface area contributed by atoms with Crippen molar-refractivity contribution in [3.63, 3.8) is 0 Å². The molecule has 3 rings (SSSR count). The van der Waals surface area contributed by atoms with E-state index >= 15 is 0 Å². The van der Waals surface area contributed by atoms with E-state index in [1.54, 1.807) is 0 Å². The fourth-order valence-electron chi connectivity index (χ4n) is 1.80. The minimum Gasteiger partial charge on any atom is -0.609 e. The van der Waals surface area contributed by atoms with Gasteiger partial charge in [0.1, 0.15) is 11.4 Å². The van der Waals surface area contributed by atoms with Gasteiger partial charge in [-0.15, -0.1) is 0 Å². The van der Waals surface area contributed by atoms with Crippen molar-refractivity contribution in [2.75, 3.05) is 14.1 Å². The second-order valence-corrected chi connectivity index (χ2v) is 5.46. The van der Waals surface area contributed by atoms with E-state index in [2.05, 4.69) is 19.7 Å². The molecule has 1 aromatic carbocycles. The first-order valence-corrected chi connectivity index (χ1v) is 7.68. The zero-order valence-corrected chi connectivity index (χ0v) is 13.5. The SMILES string of the molecule is [2H]c1nc(C([2H])([2H])[S+]([O-])c2nc3c([2H])c([2H])c(OC([2H])(F)F)c([2H])c3[nH]2)c(OC([2H])([2H])[2H])c(OC)c1[2H]. The Labute approximate surface area is 165 Å². The standard InChI is InChI=1S/C16H15F2N3O4S/c1-23-13-5-6-19-12(14(13)24-2)8-26(22)16-20-10-4-3-9(25-15(17)18)7-11(10)21-16/h3-7,15H,8H2,1-2H3,(H,20,21)/i2D3,3D,4D,5D,6D,7D,8D2,15D. The van der Waals surface area contributed by atoms with Gasteiger partial charge in [0, 0.05) is 29.4 Å². The first-order valence-electron chi connectivity index (χ1n) is 12.0. The fraction of sp³-hybridized carbons (Fsp3) is 0.250. The van der Waals surface area contributed by atoms with E-state index in [4.69, 9.17) is 24.6 Å². The molecule has 0 fully saturated rings. The normalized spacial score (nSPS) is 19.9. The molecule has 0 radical (unpaired) electrons. The predicted molar refractivity (Wildman–Crippen MR) is 90.2 cm³/mol. The Balaban J connectivity index is 2.21. The number of hydrogen-bond donors (Lipinski definition) is 1. The number of pyridine rings is 1. The van der Waals surface area contributed by atoms with Crippen LogP contribution >= 0.6 is 0 Å². The third-order valence-electron chi connectivity index (χ3n) is 2.82. The van der Waals surface area contributed by atoms with Gasteiger partial charge in [-0.1, -0.05) is 0 Å². The third kappa shape index (κ3) is 3.81. The molecule has 7 nitrogen and oxygen atoms in total. The van der Waals surface area contributed by atoms with Crippen molar-refractivity contribution in [3.8, 4) is 17.2 Å². The van der Waals surface area contributed by atoms with E-state index in [-0.39, 0.29) is 0 Å². The Kier molecular flexibility index (Phi) is 2.64. The first kappa shape index (κ1) is 8.87. The summed E-state index contributed by atoms with van der Waals surface area (Å²) in [6.07, 6.45) is -0.880. The maximum Gasteiger partial charge on any atom is 0.387 e. The number of fused-ring (bicyclic) bond motifs is 1. The Morgan fingerprint density at radius 1 is 1.46 bits per heavy atom. The van der Waals surface area contributed by atoms with Crippen molar-refractivity contribution in [2.45, 2.75) is 17.4 Å². The molecular weight excluding hydrogens is 368 g/mol. The van der Waals surface area contributed by atoms with Crippen LogP contribution in [0.3, 0.4) is 0 Å². The molecule has 1 atom stereocenters. The topological polar surface area (TPSA) is 92.3 Å². The summed E-state index contributed by atoms with van der Waals surface area (Å²) in [5.41, 5.74) is -5.32. The minimum atomic E-state index is -4.56. The summed E-state index contributed by atoms with van der Waals surface area (Å²) in [7, 11) is -2.23. The van der Waals surface area contributed by atoms with E-state index in [1.165, 1.54) is 0 Å². The van der Waals surface area contributed by atoms with Gasteiger partial charge in [0.2, 0.25) is 0 Å². The summed E-state index contributed by atoms with van der Waals surface area (Å²) in [5, 5.41) is -0.793. The van der Waals surface area contributed by atoms with E-state index in [9.17, 15) is 13.3 Å². The predicted octanol–water partition coefficient (Wildman–Crippen LogP) is 2.88. The number of aromatic amines is 1. The highest BCUT2D eigenvalue weighted by atomic mass is 32.2. The Morgan fingerprint density at radius 2 is 2.31 bits per heavy atom. The number of aromatic nitrogens is 3. The van der Waals surface area contributed by atoms with Crippen LogP contribution < -0.4 is 14.2 Å². The molecule has 0 amide bonds. The number of benzene rings is 1. The summed E-state index contributed by atoms with van der Waals surface area (Å²) in [6, 6.07) is -3.63. The molecule has 0 aliphatic heterocycles. The molecule has 0 spiro atoms. The fourth-order valence-corrected chi connectivity index (χ4v) is 2.58. The quantitative estimate of drug-likeness (QED) is 0.620. The Hall–Kier alpha value is -2.59. The van der Waals surface area contributed by atoms with Crippen LogP contribution in [-0.2, 0) is 16.9 Å². The first-order chi connectivity index (χ1) is 16.8. The molecule has 10 heteroatoms. The molecule has 0 bridgehead atoms. The van der Waals surface area contributed by atoms with Crippen LogP contribution in [0.5, 0.6) is 17.2 Å². The zero-order valence-electron chi connectivity index (χ0n) is 23.7. The molecule has 1 unspecified atom stereocenters. The second kappa shape index (κ2) is 7.75. The number of imidazole rings is 1. The molecule has 0 aliphatic carbocycles. The van der Waals surface area contributed by atoms with Crippen molar-refractivity contribution < 1.29 is 42.6 Å². The zero-order chi connectivity index (χ0) is 28.2. The van der Waals surface area contributed by atoms with E-state index in [1.807, 2.05) is 0 Å². The average Bonchev–Trinajstić information content (AvgIpc) is 3.21. The molecular formula is C16H15F2N3O4S. The van der Waals surface area contributed by atoms with Gasteiger partial charge in [0.15, 0.2) is 18.6 Å². The van der Waals surface area contributed by atoms with Crippen molar-refractivity contribution in [1.29, 1.82) is 0 Å². The maximum absolute atomic E-state index is 13.3. The van der Waals surface area contributed by atoms with Gasteiger partial charge in [-0.05, 0) is 12.1 Å². The highest BCUT2D eigenvalue weighted by Gasteiger charge is 2.22. The van der Waals surface area contributed by atoms with Crippen LogP contribution in [0.1, 0.15) is 20.8 Å². The molecule has 2 aromatic heterocycles. The molecule has 26 heavy (non-hydrogen) atoms. The summed E-state index contributed by atoms with van der Waals surface area (Å²) in [4.78, 5) is 9.50. The van der Waals surface area contributed by atoms with Crippen LogP contribution in [0.25, 0.3) is 11.0 Å². The van der Waals surface area contributed by atoms with Gasteiger partial charge in [0.25, 0.3) is 0 Å². The number of nitrogens with one attached hydrogen (secondary N) is 1. The third-order valence-corrected chi connectivity index (χ3v) is 3.75. The lowest BCUT2D eigenvalue weighted by Crippen LogP contribution is -2.10. The van der Waals surface area contributed by atoms with Gasteiger partial charge in [0.05, 0.1) is 38.9 Å². The summed E-state index contributed by atoms with van der Waals surface area (Å²) < 4.78 is 138. The van der Waals surface area contributed by atoms with Crippen LogP contribution in [-0.4, -0.2) is 40.2 Å². The lowest BCUT2D eigenvalue weighted by molar-refractivity contribution is -0.0497. The number of halogens is 2. The summed E-state index contributed by atoms with van der Waals surface area (Å²) in [5.74, 6) is -2.79. The number of nitrogens with zero attached hydrogens (tertiary/aromatic N) is 2. The molecule has 3 aromatic rings. The van der Waals surface area contributed by atoms with E-state index in [0.29, 0.717) is 0 Å². The second-order valence-electron chi connectivity index (χ2n) is 4.33. The summed E-state index contributed by atoms with van der Waals surface area (Å²) >= 11 is -3.00. The number of hydrogen-bond acceptors (Lipinski definition) is 6. The molecule has 0 saturated carbocycles. The lowest BCUT2D eigenvalue weighted by atomic mass is 10.3. The van der Waals surface area contributed by atoms with Crippen LogP contribution in [0, 0.1) is 0 Å². The van der Waals surface area contributed by atoms with Crippen LogP contribution in [0.4, 0.5) is 8.78 Å². The number of alkyl halides is 2. The van der Waals surface area contributed by atoms with E-state index < -0.39 is 100.0 Å². The lowest BCUT2D eigenvalue weighted by Gasteiger charge is -2.12. The molecule has 2 heterocycles. The number of ether oxygens (including phenoxy) is 3. The molecule has 138 valence electrons. The highest BCUT2D eigenvalue weighted by Crippen LogP contribution is 2.31. The van der Waals surface area contributed by atoms with Gasteiger partial charge in [-0.3, -0.25) is 9.97 Å². The smallest absolute Gasteiger partial charge is 0.387 e. The van der Waals surface area contributed by atoms with E-state index in [0.717, 1.165) is 7.11 Å². The van der Waals surface area contributed by atoms with Crippen molar-refractivity contribution in [3.05, 3.63) is 36.0 Å². The summed E-state index contributed by atoms with van der Waals surface area (Å²) in [6.45, 7) is -4.56. The van der Waals surface area contributed by atoms with Gasteiger partial charge < -0.3 is 18.8 Å². The van der Waals surface area contributed by atoms with Gasteiger partial charge in [-0.25, -0.2) is 0 Å². The molecule has 0 saturated heterocycles. The number of H-pyrrole nitrogens is 1. The van der Waals surface area contributed by atoms with Gasteiger partial charge in [-0.2, -0.15) is 13.8 Å². The maximum atomic E-state index is 13.3. The Morgan fingerprint density at radius 3 is 3.04 bits per heavy atom. The van der Waals surface area contributed by atoms with Crippen molar-refractivity contribution in [1.82, 2.24) is 15.0 Å². The van der Waals surface area contributed by atoms with Crippen molar-refractivity contribution in [2.24, 2.45) is 0 Å².